The number of amides is 3. The Balaban J connectivity index is 0.000000164. The summed E-state index contributed by atoms with van der Waals surface area (Å²) in [4.78, 5) is 79.0. The molecular formula is C60H60F2N8O13. The van der Waals surface area contributed by atoms with Crippen molar-refractivity contribution in [3.63, 3.8) is 0 Å². The molecule has 7 aliphatic rings. The minimum absolute atomic E-state index is 0.0252. The number of hydrogen-bond donors (Lipinski definition) is 6. The third-order valence-electron chi connectivity index (χ3n) is 16.6. The first-order valence-corrected chi connectivity index (χ1v) is 27.4. The van der Waals surface area contributed by atoms with Gasteiger partial charge in [0.25, 0.3) is 5.91 Å². The number of nitrogens with one attached hydrogen (secondary N) is 5. The molecule has 0 radical (unpaired) electrons. The van der Waals surface area contributed by atoms with Gasteiger partial charge in [-0.2, -0.15) is 0 Å². The highest BCUT2D eigenvalue weighted by Gasteiger charge is 2.63. The number of rotatable bonds is 8. The first-order valence-electron chi connectivity index (χ1n) is 27.4. The molecule has 2 aromatic heterocycles. The number of aliphatic hydroxyl groups is 1. The molecule has 21 nitrogen and oxygen atoms in total. The fraction of sp³-hybridized carbons (Fsp3) is 0.400. The van der Waals surface area contributed by atoms with Gasteiger partial charge in [0.1, 0.15) is 52.7 Å². The van der Waals surface area contributed by atoms with Crippen LogP contribution in [0, 0.1) is 35.3 Å². The highest BCUT2D eigenvalue weighted by atomic mass is 19.1. The fourth-order valence-electron chi connectivity index (χ4n) is 12.3. The third-order valence-corrected chi connectivity index (χ3v) is 16.6. The maximum atomic E-state index is 14.9. The second-order valence-corrected chi connectivity index (χ2v) is 22.6. The maximum absolute atomic E-state index is 14.9. The Labute approximate surface area is 474 Å². The van der Waals surface area contributed by atoms with E-state index in [0.717, 1.165) is 23.8 Å². The van der Waals surface area contributed by atoms with E-state index in [1.54, 1.807) is 18.2 Å². The monoisotopic (exact) mass is 1140 g/mol. The molecule has 0 saturated heterocycles. The van der Waals surface area contributed by atoms with Crippen molar-refractivity contribution >= 4 is 46.9 Å². The van der Waals surface area contributed by atoms with Crippen molar-refractivity contribution in [2.24, 2.45) is 28.7 Å². The second kappa shape index (κ2) is 20.5. The number of oxazole rings is 2. The van der Waals surface area contributed by atoms with Crippen molar-refractivity contribution in [2.75, 3.05) is 38.1 Å². The lowest BCUT2D eigenvalue weighted by Gasteiger charge is -2.28. The molecule has 83 heavy (non-hydrogen) atoms. The number of hydrogen-bond acceptors (Lipinski definition) is 18. The number of benzene rings is 4. The number of ether oxygens (including phenoxy) is 5. The molecule has 3 amide bonds. The van der Waals surface area contributed by atoms with Crippen molar-refractivity contribution < 1.29 is 70.4 Å². The van der Waals surface area contributed by atoms with E-state index in [1.165, 1.54) is 31.4 Å². The zero-order valence-corrected chi connectivity index (χ0v) is 46.5. The number of carbonyl (C=O) groups is 5. The number of esters is 2. The van der Waals surface area contributed by atoms with E-state index >= 15 is 0 Å². The summed E-state index contributed by atoms with van der Waals surface area (Å²) in [6.07, 6.45) is -0.627. The first kappa shape index (κ1) is 54.7. The molecule has 4 aromatic carbocycles. The van der Waals surface area contributed by atoms with Crippen LogP contribution in [0.3, 0.4) is 0 Å². The molecule has 6 N–H and O–H groups in total. The largest absolute Gasteiger partial charge is 0.473 e. The average molecular weight is 1140 g/mol. The zero-order chi connectivity index (χ0) is 58.6. The van der Waals surface area contributed by atoms with Crippen LogP contribution in [-0.4, -0.2) is 103 Å². The molecule has 432 valence electrons. The molecular weight excluding hydrogens is 1080 g/mol. The highest BCUT2D eigenvalue weighted by molar-refractivity contribution is 5.99. The van der Waals surface area contributed by atoms with E-state index in [0.29, 0.717) is 58.2 Å². The molecule has 2 spiro atoms. The van der Waals surface area contributed by atoms with Crippen LogP contribution in [0.15, 0.2) is 86.6 Å². The standard InChI is InChI=1S/C30H31FN4O7.C30H29FN4O6/c1-13(2)22-27-35-23(26(38)32-20(12-36)28(39)40-4)24(42-27)30-17-11-16(31)6-7-19(17)33-29(30)41-21-8-5-15(10-18(21)30)9-14(3)25(37)34-22;1-13(2)22-27-35-23(26-32-20(12-39-26)28(37)38-4)24(41-27)30-17-11-16(31)6-7-19(17)33-29(30)40-21-8-5-15(10-18(21)30)9-14(3)25(36)34-22/h5-8,10-11,13-14,20,22,29,33,36H,9,12H2,1-4H3,(H,32,38)(H,34,37);5-8,10-11,13-14,20,22,29,33H,9,12H2,1-4H3,(H,34,36)/t2*14?,20?,22?,29-,30?/m11/s1. The number of anilines is 2. The lowest BCUT2D eigenvalue weighted by Crippen LogP contribution is -2.46. The lowest BCUT2D eigenvalue weighted by molar-refractivity contribution is -0.144. The van der Waals surface area contributed by atoms with E-state index in [2.05, 4.69) is 36.6 Å². The Morgan fingerprint density at radius 3 is 1.72 bits per heavy atom. The molecule has 7 aliphatic heterocycles. The van der Waals surface area contributed by atoms with Gasteiger partial charge in [0.15, 0.2) is 47.4 Å². The van der Waals surface area contributed by atoms with Gasteiger partial charge in [-0.15, -0.1) is 0 Å². The minimum atomic E-state index is -1.38. The Morgan fingerprint density at radius 1 is 0.699 bits per heavy atom. The van der Waals surface area contributed by atoms with Crippen LogP contribution in [0.5, 0.6) is 11.5 Å². The summed E-state index contributed by atoms with van der Waals surface area (Å²) in [6.45, 7) is 10.6. The smallest absolute Gasteiger partial charge is 0.334 e. The van der Waals surface area contributed by atoms with Gasteiger partial charge in [-0.25, -0.2) is 33.3 Å². The molecule has 0 fully saturated rings. The molecule has 0 saturated carbocycles. The van der Waals surface area contributed by atoms with Gasteiger partial charge in [-0.05, 0) is 84.3 Å². The van der Waals surface area contributed by atoms with E-state index in [9.17, 15) is 37.9 Å². The maximum Gasteiger partial charge on any atom is 0.334 e. The van der Waals surface area contributed by atoms with Gasteiger partial charge in [0.05, 0.1) is 20.8 Å². The Bertz CT molecular complexity index is 3710. The van der Waals surface area contributed by atoms with Crippen molar-refractivity contribution in [3.8, 4) is 11.5 Å². The SMILES string of the molecule is COC(=O)C(CO)NC(=O)c1nc2oc1C13c4cc(F)ccc4N[C@@H]1Oc1ccc(cc13)CC(C)C(=O)NC2C(C)C.COC(=O)C1COC(c2nc3oc2C24c5cc(F)ccc5N[C@@H]2Oc2ccc(cc24)CC(C)C(=O)NC3C(C)C)=N1. The molecule has 6 aromatic rings. The van der Waals surface area contributed by atoms with Gasteiger partial charge >= 0.3 is 11.9 Å². The molecule has 10 atom stereocenters. The zero-order valence-electron chi connectivity index (χ0n) is 46.5. The molecule has 8 unspecified atom stereocenters. The van der Waals surface area contributed by atoms with Gasteiger partial charge in [-0.1, -0.05) is 65.8 Å². The highest BCUT2D eigenvalue weighted by Crippen LogP contribution is 2.60. The van der Waals surface area contributed by atoms with Crippen LogP contribution in [0.25, 0.3) is 0 Å². The van der Waals surface area contributed by atoms with Crippen LogP contribution >= 0.6 is 0 Å². The van der Waals surface area contributed by atoms with Gasteiger partial charge in [-0.3, -0.25) is 14.4 Å². The molecule has 13 rings (SSSR count). The summed E-state index contributed by atoms with van der Waals surface area (Å²) in [6, 6.07) is 16.6. The third kappa shape index (κ3) is 8.71. The summed E-state index contributed by atoms with van der Waals surface area (Å²) in [7, 11) is 2.43. The van der Waals surface area contributed by atoms with Crippen LogP contribution in [0.2, 0.25) is 0 Å². The number of aliphatic imine (C=N–C) groups is 1. The van der Waals surface area contributed by atoms with Crippen molar-refractivity contribution in [2.45, 2.75) is 102 Å². The Kier molecular flexibility index (Phi) is 13.5. The van der Waals surface area contributed by atoms with E-state index < -0.39 is 89.5 Å². The van der Waals surface area contributed by atoms with Crippen molar-refractivity contribution in [1.29, 1.82) is 0 Å². The summed E-state index contributed by atoms with van der Waals surface area (Å²) < 4.78 is 71.4. The van der Waals surface area contributed by atoms with Crippen LogP contribution in [0.1, 0.15) is 126 Å². The van der Waals surface area contributed by atoms with Crippen LogP contribution in [0.4, 0.5) is 20.2 Å². The van der Waals surface area contributed by atoms with Crippen molar-refractivity contribution in [3.05, 3.63) is 153 Å². The van der Waals surface area contributed by atoms with E-state index in [1.807, 2.05) is 71.9 Å². The summed E-state index contributed by atoms with van der Waals surface area (Å²) in [5, 5.41) is 25.1. The minimum Gasteiger partial charge on any atom is -0.473 e. The molecule has 0 aliphatic carbocycles. The second-order valence-electron chi connectivity index (χ2n) is 22.6. The van der Waals surface area contributed by atoms with E-state index in [4.69, 9.17) is 37.5 Å². The summed E-state index contributed by atoms with van der Waals surface area (Å²) in [5.74, 6) is -2.65. The normalized spacial score (nSPS) is 25.8. The number of methoxy groups -OCH3 is 2. The predicted molar refractivity (Wildman–Crippen MR) is 290 cm³/mol. The topological polar surface area (TPSA) is 276 Å². The fourth-order valence-corrected chi connectivity index (χ4v) is 12.3. The van der Waals surface area contributed by atoms with Gasteiger partial charge < -0.3 is 64.2 Å². The number of carbonyl (C=O) groups excluding carboxylic acids is 5. The first-order chi connectivity index (χ1) is 39.8. The van der Waals surface area contributed by atoms with Gasteiger partial charge in [0.2, 0.25) is 29.5 Å². The number of halogens is 2. The number of aliphatic hydroxyl groups excluding tert-OH is 1. The number of aromatic nitrogens is 2. The average Bonchev–Trinajstić information content (AvgIpc) is 1.59. The Hall–Kier alpha value is -8.86. The van der Waals surface area contributed by atoms with Crippen molar-refractivity contribution in [1.82, 2.24) is 25.9 Å². The molecule has 8 bridgehead atoms. The predicted octanol–water partition coefficient (Wildman–Crippen LogP) is 6.18. The number of nitrogens with zero attached hydrogens (tertiary/aromatic N) is 3. The summed E-state index contributed by atoms with van der Waals surface area (Å²) in [5.41, 5.74) is 2.98. The summed E-state index contributed by atoms with van der Waals surface area (Å²) >= 11 is 0. The Morgan fingerprint density at radius 2 is 1.22 bits per heavy atom. The van der Waals surface area contributed by atoms with Crippen LogP contribution < -0.4 is 36.1 Å². The van der Waals surface area contributed by atoms with Gasteiger partial charge in [0, 0.05) is 45.5 Å². The quantitative estimate of drug-likeness (QED) is 0.0929. The molecule has 23 heteroatoms. The van der Waals surface area contributed by atoms with Crippen LogP contribution in [-0.2, 0) is 57.1 Å². The van der Waals surface area contributed by atoms with E-state index in [-0.39, 0.29) is 71.0 Å². The number of fused-ring (bicyclic) bond motifs is 8. The molecule has 9 heterocycles. The lowest BCUT2D eigenvalue weighted by atomic mass is 9.72.